The first-order chi connectivity index (χ1) is 8.91. The van der Waals surface area contributed by atoms with E-state index in [9.17, 15) is 9.59 Å². The minimum absolute atomic E-state index is 0.0656. The molecule has 1 aromatic heterocycles. The molecule has 0 aliphatic rings. The number of aryl methyl sites for hydroxylation is 1. The number of nitrogens with one attached hydrogen (secondary N) is 1. The number of carbonyl (C=O) groups is 2. The molecule has 2 N–H and O–H groups in total. The Morgan fingerprint density at radius 2 is 1.95 bits per heavy atom. The zero-order chi connectivity index (χ0) is 14.2. The average molecular weight is 322 g/mol. The van der Waals surface area contributed by atoms with Gasteiger partial charge in [-0.2, -0.15) is 0 Å². The van der Waals surface area contributed by atoms with Crippen LogP contribution in [0, 0.1) is 13.8 Å². The SMILES string of the molecule is Cc1[nH]c(C(=O)O)c(C)c1C(=O)c1cccc(Br)c1. The van der Waals surface area contributed by atoms with E-state index in [2.05, 4.69) is 20.9 Å². The van der Waals surface area contributed by atoms with Crippen LogP contribution in [-0.4, -0.2) is 21.8 Å². The second-order valence-corrected chi connectivity index (χ2v) is 5.19. The lowest BCUT2D eigenvalue weighted by atomic mass is 10.00. The Hall–Kier alpha value is -1.88. The van der Waals surface area contributed by atoms with Crippen LogP contribution in [0.5, 0.6) is 0 Å². The first-order valence-electron chi connectivity index (χ1n) is 5.64. The van der Waals surface area contributed by atoms with Gasteiger partial charge in [-0.3, -0.25) is 4.79 Å². The van der Waals surface area contributed by atoms with Crippen LogP contribution in [0.15, 0.2) is 28.7 Å². The van der Waals surface area contributed by atoms with Gasteiger partial charge < -0.3 is 10.1 Å². The maximum absolute atomic E-state index is 12.4. The molecule has 5 heteroatoms. The molecule has 2 aromatic rings. The van der Waals surface area contributed by atoms with Gasteiger partial charge in [-0.15, -0.1) is 0 Å². The number of aromatic amines is 1. The molecule has 98 valence electrons. The van der Waals surface area contributed by atoms with Crippen molar-refractivity contribution >= 4 is 27.7 Å². The van der Waals surface area contributed by atoms with E-state index in [1.807, 2.05) is 6.07 Å². The van der Waals surface area contributed by atoms with E-state index in [1.54, 1.807) is 32.0 Å². The summed E-state index contributed by atoms with van der Waals surface area (Å²) in [5.41, 5.74) is 2.05. The van der Waals surface area contributed by atoms with Gasteiger partial charge in [0.15, 0.2) is 5.78 Å². The maximum atomic E-state index is 12.4. The lowest BCUT2D eigenvalue weighted by Gasteiger charge is -2.03. The predicted molar refractivity (Wildman–Crippen MR) is 74.8 cm³/mol. The fourth-order valence-corrected chi connectivity index (χ4v) is 2.48. The van der Waals surface area contributed by atoms with E-state index < -0.39 is 5.97 Å². The molecule has 0 saturated heterocycles. The van der Waals surface area contributed by atoms with Crippen molar-refractivity contribution in [2.75, 3.05) is 0 Å². The van der Waals surface area contributed by atoms with Crippen LogP contribution in [0.4, 0.5) is 0 Å². The fourth-order valence-electron chi connectivity index (χ4n) is 2.08. The lowest BCUT2D eigenvalue weighted by Crippen LogP contribution is -2.05. The number of halogens is 1. The molecule has 2 rings (SSSR count). The number of aromatic nitrogens is 1. The molecule has 0 fully saturated rings. The van der Waals surface area contributed by atoms with Gasteiger partial charge in [0.05, 0.1) is 0 Å². The Kier molecular flexibility index (Phi) is 3.57. The van der Waals surface area contributed by atoms with Gasteiger partial charge in [-0.05, 0) is 31.5 Å². The predicted octanol–water partition coefficient (Wildman–Crippen LogP) is 3.32. The van der Waals surface area contributed by atoms with Crippen LogP contribution in [0.25, 0.3) is 0 Å². The Bertz CT molecular complexity index is 673. The second kappa shape index (κ2) is 5.01. The summed E-state index contributed by atoms with van der Waals surface area (Å²) in [6.07, 6.45) is 0. The highest BCUT2D eigenvalue weighted by molar-refractivity contribution is 9.10. The average Bonchev–Trinajstić information content (AvgIpc) is 2.64. The summed E-state index contributed by atoms with van der Waals surface area (Å²) >= 11 is 3.31. The molecule has 0 saturated carbocycles. The first kappa shape index (κ1) is 13.5. The number of carbonyl (C=O) groups excluding carboxylic acids is 1. The highest BCUT2D eigenvalue weighted by Crippen LogP contribution is 2.23. The molecule has 1 heterocycles. The summed E-state index contributed by atoms with van der Waals surface area (Å²) in [7, 11) is 0. The number of carboxylic acids is 1. The minimum atomic E-state index is -1.06. The number of carboxylic acid groups (broad SMARTS) is 1. The minimum Gasteiger partial charge on any atom is -0.477 e. The summed E-state index contributed by atoms with van der Waals surface area (Å²) in [6, 6.07) is 7.02. The van der Waals surface area contributed by atoms with Crippen LogP contribution in [0.2, 0.25) is 0 Å². The van der Waals surface area contributed by atoms with Gasteiger partial charge >= 0.3 is 5.97 Å². The number of rotatable bonds is 3. The number of H-pyrrole nitrogens is 1. The summed E-state index contributed by atoms with van der Waals surface area (Å²) < 4.78 is 0.808. The van der Waals surface area contributed by atoms with E-state index >= 15 is 0 Å². The van der Waals surface area contributed by atoms with Crippen LogP contribution >= 0.6 is 15.9 Å². The van der Waals surface area contributed by atoms with Gasteiger partial charge in [-0.25, -0.2) is 4.79 Å². The largest absolute Gasteiger partial charge is 0.477 e. The van der Waals surface area contributed by atoms with E-state index in [0.29, 0.717) is 22.4 Å². The van der Waals surface area contributed by atoms with Gasteiger partial charge in [0.25, 0.3) is 0 Å². The zero-order valence-corrected chi connectivity index (χ0v) is 12.0. The van der Waals surface area contributed by atoms with Crippen molar-refractivity contribution in [3.8, 4) is 0 Å². The maximum Gasteiger partial charge on any atom is 0.352 e. The molecule has 0 atom stereocenters. The van der Waals surface area contributed by atoms with Gasteiger partial charge in [0, 0.05) is 21.3 Å². The lowest BCUT2D eigenvalue weighted by molar-refractivity contribution is 0.0690. The standard InChI is InChI=1S/C14H12BrNO3/c1-7-11(8(2)16-12(7)14(18)19)13(17)9-4-3-5-10(15)6-9/h3-6,16H,1-2H3,(H,18,19). The third kappa shape index (κ3) is 2.46. The summed E-state index contributed by atoms with van der Waals surface area (Å²) in [5, 5.41) is 9.05. The first-order valence-corrected chi connectivity index (χ1v) is 6.44. The van der Waals surface area contributed by atoms with Crippen LogP contribution in [0.3, 0.4) is 0 Å². The number of aromatic carboxylic acids is 1. The van der Waals surface area contributed by atoms with Crippen molar-refractivity contribution in [2.45, 2.75) is 13.8 Å². The van der Waals surface area contributed by atoms with Crippen molar-refractivity contribution in [2.24, 2.45) is 0 Å². The molecule has 0 spiro atoms. The van der Waals surface area contributed by atoms with Gasteiger partial charge in [0.2, 0.25) is 0 Å². The molecule has 0 radical (unpaired) electrons. The number of hydrogen-bond donors (Lipinski definition) is 2. The molecule has 1 aromatic carbocycles. The third-order valence-electron chi connectivity index (χ3n) is 2.97. The summed E-state index contributed by atoms with van der Waals surface area (Å²) in [6.45, 7) is 3.34. The molecule has 0 unspecified atom stereocenters. The van der Waals surface area contributed by atoms with Crippen molar-refractivity contribution < 1.29 is 14.7 Å². The normalized spacial score (nSPS) is 10.5. The van der Waals surface area contributed by atoms with Gasteiger partial charge in [0.1, 0.15) is 5.69 Å². The van der Waals surface area contributed by atoms with Crippen molar-refractivity contribution in [1.29, 1.82) is 0 Å². The number of ketones is 1. The molecule has 0 bridgehead atoms. The van der Waals surface area contributed by atoms with Crippen molar-refractivity contribution in [1.82, 2.24) is 4.98 Å². The van der Waals surface area contributed by atoms with E-state index in [0.717, 1.165) is 4.47 Å². The quantitative estimate of drug-likeness (QED) is 0.852. The highest BCUT2D eigenvalue weighted by atomic mass is 79.9. The Balaban J connectivity index is 2.54. The zero-order valence-electron chi connectivity index (χ0n) is 10.5. The third-order valence-corrected chi connectivity index (χ3v) is 3.46. The Morgan fingerprint density at radius 1 is 1.26 bits per heavy atom. The van der Waals surface area contributed by atoms with Gasteiger partial charge in [-0.1, -0.05) is 28.1 Å². The fraction of sp³-hybridized carbons (Fsp3) is 0.143. The monoisotopic (exact) mass is 321 g/mol. The molecule has 0 amide bonds. The Morgan fingerprint density at radius 3 is 2.47 bits per heavy atom. The molecule has 4 nitrogen and oxygen atoms in total. The van der Waals surface area contributed by atoms with E-state index in [1.165, 1.54) is 0 Å². The van der Waals surface area contributed by atoms with Crippen LogP contribution in [0.1, 0.15) is 37.7 Å². The van der Waals surface area contributed by atoms with Crippen LogP contribution < -0.4 is 0 Å². The van der Waals surface area contributed by atoms with Crippen molar-refractivity contribution in [3.05, 3.63) is 56.8 Å². The summed E-state index contributed by atoms with van der Waals surface area (Å²) in [4.78, 5) is 26.2. The van der Waals surface area contributed by atoms with Crippen molar-refractivity contribution in [3.63, 3.8) is 0 Å². The van der Waals surface area contributed by atoms with Crippen LogP contribution in [-0.2, 0) is 0 Å². The number of benzene rings is 1. The second-order valence-electron chi connectivity index (χ2n) is 4.27. The van der Waals surface area contributed by atoms with E-state index in [-0.39, 0.29) is 11.5 Å². The number of hydrogen-bond acceptors (Lipinski definition) is 2. The topological polar surface area (TPSA) is 70.2 Å². The Labute approximate surface area is 118 Å². The molecular weight excluding hydrogens is 310 g/mol. The highest BCUT2D eigenvalue weighted by Gasteiger charge is 2.22. The molecule has 19 heavy (non-hydrogen) atoms. The molecule has 0 aliphatic carbocycles. The smallest absolute Gasteiger partial charge is 0.352 e. The molecule has 0 aliphatic heterocycles. The molecular formula is C14H12BrNO3. The van der Waals surface area contributed by atoms with E-state index in [4.69, 9.17) is 5.11 Å². The summed E-state index contributed by atoms with van der Waals surface area (Å²) in [5.74, 6) is -1.24.